The zero-order chi connectivity index (χ0) is 19.8. The van der Waals surface area contributed by atoms with Crippen molar-refractivity contribution in [2.24, 2.45) is 5.92 Å². The van der Waals surface area contributed by atoms with Crippen molar-refractivity contribution in [2.75, 3.05) is 11.9 Å². The summed E-state index contributed by atoms with van der Waals surface area (Å²) in [5.41, 5.74) is 2.97. The first-order valence-corrected chi connectivity index (χ1v) is 11.0. The summed E-state index contributed by atoms with van der Waals surface area (Å²) in [7, 11) is 0. The number of amides is 2. The third kappa shape index (κ3) is 3.90. The molecule has 1 aromatic heterocycles. The first-order chi connectivity index (χ1) is 14.2. The second-order valence-corrected chi connectivity index (χ2v) is 9.02. The van der Waals surface area contributed by atoms with Gasteiger partial charge in [-0.15, -0.1) is 11.3 Å². The lowest BCUT2D eigenvalue weighted by Gasteiger charge is -2.24. The molecule has 1 unspecified atom stereocenters. The topological polar surface area (TPSA) is 62.3 Å². The highest BCUT2D eigenvalue weighted by Crippen LogP contribution is 2.34. The van der Waals surface area contributed by atoms with E-state index in [4.69, 9.17) is 0 Å². The van der Waals surface area contributed by atoms with Gasteiger partial charge in [0.05, 0.1) is 15.2 Å². The highest BCUT2D eigenvalue weighted by molar-refractivity contribution is 7.18. The van der Waals surface area contributed by atoms with Gasteiger partial charge in [-0.1, -0.05) is 24.3 Å². The van der Waals surface area contributed by atoms with Crippen LogP contribution in [-0.2, 0) is 16.0 Å². The van der Waals surface area contributed by atoms with E-state index in [2.05, 4.69) is 16.4 Å². The van der Waals surface area contributed by atoms with Gasteiger partial charge in [-0.2, -0.15) is 0 Å². The predicted molar refractivity (Wildman–Crippen MR) is 115 cm³/mol. The highest BCUT2D eigenvalue weighted by atomic mass is 32.1. The number of thiazole rings is 1. The Morgan fingerprint density at radius 1 is 1.07 bits per heavy atom. The van der Waals surface area contributed by atoms with Gasteiger partial charge in [0.15, 0.2) is 0 Å². The van der Waals surface area contributed by atoms with E-state index in [1.807, 2.05) is 42.5 Å². The van der Waals surface area contributed by atoms with Crippen LogP contribution in [0.3, 0.4) is 0 Å². The minimum absolute atomic E-state index is 0.0737. The van der Waals surface area contributed by atoms with E-state index in [0.717, 1.165) is 53.9 Å². The van der Waals surface area contributed by atoms with Crippen LogP contribution in [0.2, 0.25) is 0 Å². The van der Waals surface area contributed by atoms with E-state index in [1.165, 1.54) is 4.70 Å². The molecule has 5 rings (SSSR count). The van der Waals surface area contributed by atoms with Gasteiger partial charge in [0.2, 0.25) is 11.8 Å². The van der Waals surface area contributed by atoms with Crippen molar-refractivity contribution in [3.8, 4) is 0 Å². The number of nitrogens with one attached hydrogen (secondary N) is 1. The summed E-state index contributed by atoms with van der Waals surface area (Å²) in [5, 5.41) is 4.08. The van der Waals surface area contributed by atoms with Crippen molar-refractivity contribution in [3.05, 3.63) is 59.1 Å². The number of hydrogen-bond donors (Lipinski definition) is 1. The minimum atomic E-state index is -0.328. The van der Waals surface area contributed by atoms with E-state index in [-0.39, 0.29) is 23.8 Å². The first kappa shape index (κ1) is 18.3. The largest absolute Gasteiger partial charge is 0.330 e. The van der Waals surface area contributed by atoms with Crippen LogP contribution in [0, 0.1) is 5.92 Å². The smallest absolute Gasteiger partial charge is 0.247 e. The monoisotopic (exact) mass is 405 g/mol. The molecule has 1 aliphatic carbocycles. The average molecular weight is 406 g/mol. The number of hydrogen-bond acceptors (Lipinski definition) is 4. The SMILES string of the molecule is O=C(Nc1ccc(Cc2nc3ccccc3s2)cc1)C1CCCN1C(=O)C1CC1. The molecule has 3 aromatic rings. The van der Waals surface area contributed by atoms with Crippen LogP contribution in [0.1, 0.15) is 36.3 Å². The van der Waals surface area contributed by atoms with Crippen LogP contribution in [0.4, 0.5) is 5.69 Å². The summed E-state index contributed by atoms with van der Waals surface area (Å²) in [4.78, 5) is 31.6. The fourth-order valence-corrected chi connectivity index (χ4v) is 4.97. The maximum atomic E-state index is 12.7. The summed E-state index contributed by atoms with van der Waals surface area (Å²) in [6.07, 6.45) is 4.37. The van der Waals surface area contributed by atoms with Crippen LogP contribution in [-0.4, -0.2) is 34.3 Å². The Kier molecular flexibility index (Phi) is 4.79. The number of rotatable bonds is 5. The number of likely N-dealkylation sites (tertiary alicyclic amines) is 1. The minimum Gasteiger partial charge on any atom is -0.330 e. The van der Waals surface area contributed by atoms with E-state index in [1.54, 1.807) is 16.2 Å². The number of aromatic nitrogens is 1. The average Bonchev–Trinajstić information content (AvgIpc) is 3.31. The third-order valence-corrected chi connectivity index (χ3v) is 6.72. The van der Waals surface area contributed by atoms with Crippen LogP contribution >= 0.6 is 11.3 Å². The van der Waals surface area contributed by atoms with Crippen LogP contribution in [0.5, 0.6) is 0 Å². The number of para-hydroxylation sites is 1. The number of nitrogens with zero attached hydrogens (tertiary/aromatic N) is 2. The van der Waals surface area contributed by atoms with Crippen molar-refractivity contribution in [1.82, 2.24) is 9.88 Å². The fourth-order valence-electron chi connectivity index (χ4n) is 3.97. The van der Waals surface area contributed by atoms with Crippen molar-refractivity contribution >= 4 is 39.1 Å². The molecule has 1 atom stereocenters. The van der Waals surface area contributed by atoms with Crippen LogP contribution in [0.15, 0.2) is 48.5 Å². The number of anilines is 1. The standard InChI is InChI=1S/C23H23N3O2S/c27-22(19-5-3-13-26(19)23(28)16-9-10-16)24-17-11-7-15(8-12-17)14-21-25-18-4-1-2-6-20(18)29-21/h1-2,4,6-8,11-12,16,19H,3,5,9-10,13-14H2,(H,24,27). The molecule has 1 aliphatic heterocycles. The molecule has 1 saturated carbocycles. The van der Waals surface area contributed by atoms with Gasteiger partial charge in [0, 0.05) is 24.6 Å². The van der Waals surface area contributed by atoms with E-state index in [9.17, 15) is 9.59 Å². The Morgan fingerprint density at radius 2 is 1.86 bits per heavy atom. The molecule has 2 amide bonds. The Labute approximate surface area is 173 Å². The van der Waals surface area contributed by atoms with Gasteiger partial charge in [-0.25, -0.2) is 4.98 Å². The van der Waals surface area contributed by atoms with Gasteiger partial charge >= 0.3 is 0 Å². The van der Waals surface area contributed by atoms with Crippen LogP contribution < -0.4 is 5.32 Å². The molecule has 2 heterocycles. The summed E-state index contributed by atoms with van der Waals surface area (Å²) in [6, 6.07) is 15.8. The molecule has 2 aliphatic rings. The maximum Gasteiger partial charge on any atom is 0.247 e. The zero-order valence-electron chi connectivity index (χ0n) is 16.1. The number of carbonyl (C=O) groups is 2. The van der Waals surface area contributed by atoms with Crippen molar-refractivity contribution < 1.29 is 9.59 Å². The molecule has 6 heteroatoms. The predicted octanol–water partition coefficient (Wildman–Crippen LogP) is 4.23. The lowest BCUT2D eigenvalue weighted by atomic mass is 10.1. The number of fused-ring (bicyclic) bond motifs is 1. The Hall–Kier alpha value is -2.73. The molecular weight excluding hydrogens is 382 g/mol. The molecule has 0 bridgehead atoms. The summed E-state index contributed by atoms with van der Waals surface area (Å²) >= 11 is 1.72. The van der Waals surface area contributed by atoms with Crippen molar-refractivity contribution in [2.45, 2.75) is 38.1 Å². The lowest BCUT2D eigenvalue weighted by Crippen LogP contribution is -2.43. The third-order valence-electron chi connectivity index (χ3n) is 5.68. The quantitative estimate of drug-likeness (QED) is 0.691. The molecule has 2 fully saturated rings. The first-order valence-electron chi connectivity index (χ1n) is 10.2. The van der Waals surface area contributed by atoms with E-state index >= 15 is 0 Å². The molecule has 0 radical (unpaired) electrons. The second-order valence-electron chi connectivity index (χ2n) is 7.90. The molecule has 5 nitrogen and oxygen atoms in total. The Bertz CT molecular complexity index is 1020. The van der Waals surface area contributed by atoms with Gasteiger partial charge < -0.3 is 10.2 Å². The maximum absolute atomic E-state index is 12.7. The fraction of sp³-hybridized carbons (Fsp3) is 0.348. The summed E-state index contributed by atoms with van der Waals surface area (Å²) < 4.78 is 1.20. The molecule has 2 aromatic carbocycles. The number of benzene rings is 2. The Balaban J connectivity index is 1.23. The van der Waals surface area contributed by atoms with Gasteiger partial charge in [0.1, 0.15) is 6.04 Å². The molecule has 0 spiro atoms. The van der Waals surface area contributed by atoms with Crippen molar-refractivity contribution in [3.63, 3.8) is 0 Å². The molecule has 148 valence electrons. The number of carbonyl (C=O) groups excluding carboxylic acids is 2. The molecule has 1 saturated heterocycles. The molecular formula is C23H23N3O2S. The van der Waals surface area contributed by atoms with Gasteiger partial charge in [-0.3, -0.25) is 9.59 Å². The van der Waals surface area contributed by atoms with Gasteiger partial charge in [0.25, 0.3) is 0 Å². The second kappa shape index (κ2) is 7.59. The molecule has 1 N–H and O–H groups in total. The molecule has 29 heavy (non-hydrogen) atoms. The highest BCUT2D eigenvalue weighted by Gasteiger charge is 2.40. The Morgan fingerprint density at radius 3 is 2.62 bits per heavy atom. The van der Waals surface area contributed by atoms with Crippen molar-refractivity contribution in [1.29, 1.82) is 0 Å². The van der Waals surface area contributed by atoms with E-state index < -0.39 is 0 Å². The summed E-state index contributed by atoms with van der Waals surface area (Å²) in [5.74, 6) is 0.245. The van der Waals surface area contributed by atoms with Crippen LogP contribution in [0.25, 0.3) is 10.2 Å². The zero-order valence-corrected chi connectivity index (χ0v) is 17.0. The summed E-state index contributed by atoms with van der Waals surface area (Å²) in [6.45, 7) is 0.703. The lowest BCUT2D eigenvalue weighted by molar-refractivity contribution is -0.137. The normalized spacial score (nSPS) is 18.9. The van der Waals surface area contributed by atoms with E-state index in [0.29, 0.717) is 6.54 Å². The van der Waals surface area contributed by atoms with Gasteiger partial charge in [-0.05, 0) is 55.5 Å².